The SMILES string of the molecule is O=C1N=C(N2CCN(Cc3ccccc3)CC2)S/C1=C/c1cccc(O)c1. The van der Waals surface area contributed by atoms with Crippen molar-refractivity contribution in [2.75, 3.05) is 26.2 Å². The van der Waals surface area contributed by atoms with Gasteiger partial charge in [-0.2, -0.15) is 4.99 Å². The molecule has 138 valence electrons. The third-order valence-electron chi connectivity index (χ3n) is 4.67. The summed E-state index contributed by atoms with van der Waals surface area (Å²) >= 11 is 1.42. The number of aliphatic imine (C=N–C) groups is 1. The number of amidine groups is 1. The smallest absolute Gasteiger partial charge is 0.286 e. The second kappa shape index (κ2) is 7.98. The molecule has 2 aliphatic heterocycles. The Morgan fingerprint density at radius 2 is 1.81 bits per heavy atom. The van der Waals surface area contributed by atoms with Crippen LogP contribution in [0.3, 0.4) is 0 Å². The molecule has 0 radical (unpaired) electrons. The lowest BCUT2D eigenvalue weighted by Gasteiger charge is -2.35. The molecule has 1 amide bonds. The van der Waals surface area contributed by atoms with Crippen molar-refractivity contribution in [3.8, 4) is 5.75 Å². The summed E-state index contributed by atoms with van der Waals surface area (Å²) in [4.78, 5) is 21.7. The van der Waals surface area contributed by atoms with E-state index in [9.17, 15) is 9.90 Å². The molecule has 1 N–H and O–H groups in total. The minimum absolute atomic E-state index is 0.190. The van der Waals surface area contributed by atoms with Gasteiger partial charge in [0.05, 0.1) is 4.91 Å². The van der Waals surface area contributed by atoms with Crippen LogP contribution in [-0.4, -0.2) is 52.2 Å². The van der Waals surface area contributed by atoms with Gasteiger partial charge in [0, 0.05) is 32.7 Å². The zero-order chi connectivity index (χ0) is 18.6. The van der Waals surface area contributed by atoms with Crippen LogP contribution in [0.1, 0.15) is 11.1 Å². The average Bonchev–Trinajstić information content (AvgIpc) is 3.04. The van der Waals surface area contributed by atoms with Crippen molar-refractivity contribution in [2.45, 2.75) is 6.54 Å². The fraction of sp³-hybridized carbons (Fsp3) is 0.238. The molecule has 2 aromatic carbocycles. The van der Waals surface area contributed by atoms with Crippen molar-refractivity contribution in [1.82, 2.24) is 9.80 Å². The van der Waals surface area contributed by atoms with Crippen molar-refractivity contribution >= 4 is 28.9 Å². The highest BCUT2D eigenvalue weighted by molar-refractivity contribution is 8.18. The number of phenols is 1. The third-order valence-corrected chi connectivity index (χ3v) is 5.71. The molecule has 6 heteroatoms. The van der Waals surface area contributed by atoms with Gasteiger partial charge in [-0.3, -0.25) is 9.69 Å². The summed E-state index contributed by atoms with van der Waals surface area (Å²) in [7, 11) is 0. The summed E-state index contributed by atoms with van der Waals surface area (Å²) in [5, 5.41) is 10.4. The van der Waals surface area contributed by atoms with E-state index in [0.29, 0.717) is 4.91 Å². The number of hydrogen-bond acceptors (Lipinski definition) is 5. The van der Waals surface area contributed by atoms with Crippen LogP contribution in [0, 0.1) is 0 Å². The first-order valence-corrected chi connectivity index (χ1v) is 9.82. The minimum Gasteiger partial charge on any atom is -0.508 e. The molecule has 0 aromatic heterocycles. The molecule has 0 bridgehead atoms. The van der Waals surface area contributed by atoms with Crippen LogP contribution in [0.5, 0.6) is 5.75 Å². The maximum Gasteiger partial charge on any atom is 0.286 e. The lowest BCUT2D eigenvalue weighted by molar-refractivity contribution is -0.113. The summed E-state index contributed by atoms with van der Waals surface area (Å²) in [5.41, 5.74) is 2.13. The lowest BCUT2D eigenvalue weighted by atomic mass is 10.2. The predicted molar refractivity (Wildman–Crippen MR) is 109 cm³/mol. The van der Waals surface area contributed by atoms with Crippen LogP contribution in [0.4, 0.5) is 0 Å². The summed E-state index contributed by atoms with van der Waals surface area (Å²) in [6.07, 6.45) is 1.79. The Balaban J connectivity index is 1.35. The Labute approximate surface area is 163 Å². The first kappa shape index (κ1) is 17.8. The number of benzene rings is 2. The van der Waals surface area contributed by atoms with Crippen LogP contribution in [0.2, 0.25) is 0 Å². The summed E-state index contributed by atoms with van der Waals surface area (Å²) in [6, 6.07) is 17.4. The van der Waals surface area contributed by atoms with Gasteiger partial charge in [0.15, 0.2) is 5.17 Å². The molecule has 1 fully saturated rings. The topological polar surface area (TPSA) is 56.1 Å². The molecule has 27 heavy (non-hydrogen) atoms. The van der Waals surface area contributed by atoms with Crippen molar-refractivity contribution in [3.05, 3.63) is 70.6 Å². The number of rotatable bonds is 3. The number of amides is 1. The molecular weight excluding hydrogens is 358 g/mol. The van der Waals surface area contributed by atoms with Gasteiger partial charge in [-0.15, -0.1) is 0 Å². The summed E-state index contributed by atoms with van der Waals surface area (Å²) < 4.78 is 0. The molecule has 2 aromatic rings. The van der Waals surface area contributed by atoms with Crippen molar-refractivity contribution < 1.29 is 9.90 Å². The fourth-order valence-corrected chi connectivity index (χ4v) is 4.20. The van der Waals surface area contributed by atoms with Crippen LogP contribution < -0.4 is 0 Å². The Bertz CT molecular complexity index is 887. The third kappa shape index (κ3) is 4.40. The maximum absolute atomic E-state index is 12.2. The zero-order valence-corrected chi connectivity index (χ0v) is 15.7. The predicted octanol–water partition coefficient (Wildman–Crippen LogP) is 3.18. The largest absolute Gasteiger partial charge is 0.508 e. The highest BCUT2D eigenvalue weighted by Crippen LogP contribution is 2.31. The first-order valence-electron chi connectivity index (χ1n) is 9.00. The van der Waals surface area contributed by atoms with E-state index in [1.165, 1.54) is 17.3 Å². The van der Waals surface area contributed by atoms with Gasteiger partial charge in [0.1, 0.15) is 5.75 Å². The molecule has 2 heterocycles. The van der Waals surface area contributed by atoms with Gasteiger partial charge in [0.2, 0.25) is 0 Å². The van der Waals surface area contributed by atoms with Gasteiger partial charge in [-0.1, -0.05) is 42.5 Å². The van der Waals surface area contributed by atoms with Crippen molar-refractivity contribution in [2.24, 2.45) is 4.99 Å². The molecule has 0 unspecified atom stereocenters. The van der Waals surface area contributed by atoms with Crippen molar-refractivity contribution in [3.63, 3.8) is 0 Å². The minimum atomic E-state index is -0.204. The van der Waals surface area contributed by atoms with E-state index in [4.69, 9.17) is 0 Å². The van der Waals surface area contributed by atoms with Gasteiger partial charge < -0.3 is 10.0 Å². The maximum atomic E-state index is 12.2. The molecule has 1 saturated heterocycles. The van der Waals surface area contributed by atoms with Crippen LogP contribution in [0.25, 0.3) is 6.08 Å². The Hall–Kier alpha value is -2.57. The zero-order valence-electron chi connectivity index (χ0n) is 14.9. The first-order chi connectivity index (χ1) is 13.2. The van der Waals surface area contributed by atoms with Gasteiger partial charge in [-0.05, 0) is 41.1 Å². The van der Waals surface area contributed by atoms with Crippen LogP contribution >= 0.6 is 11.8 Å². The van der Waals surface area contributed by atoms with Crippen LogP contribution in [-0.2, 0) is 11.3 Å². The van der Waals surface area contributed by atoms with E-state index >= 15 is 0 Å². The molecular formula is C21H21N3O2S. The number of piperazine rings is 1. The highest BCUT2D eigenvalue weighted by Gasteiger charge is 2.28. The fourth-order valence-electron chi connectivity index (χ4n) is 3.24. The molecule has 0 saturated carbocycles. The Kier molecular flexibility index (Phi) is 5.27. The molecule has 0 spiro atoms. The van der Waals surface area contributed by atoms with E-state index in [0.717, 1.165) is 43.5 Å². The van der Waals surface area contributed by atoms with E-state index in [1.54, 1.807) is 24.3 Å². The standard InChI is InChI=1S/C21H21N3O2S/c25-18-8-4-7-17(13-18)14-19-20(26)22-21(27-19)24-11-9-23(10-12-24)15-16-5-2-1-3-6-16/h1-8,13-14,25H,9-12,15H2/b19-14+. The lowest BCUT2D eigenvalue weighted by Crippen LogP contribution is -2.47. The van der Waals surface area contributed by atoms with Gasteiger partial charge in [-0.25, -0.2) is 0 Å². The Morgan fingerprint density at radius 1 is 1.04 bits per heavy atom. The number of phenolic OH excluding ortho intramolecular Hbond substituents is 1. The van der Waals surface area contributed by atoms with E-state index in [1.807, 2.05) is 12.1 Å². The molecule has 4 rings (SSSR count). The summed E-state index contributed by atoms with van der Waals surface area (Å²) in [6.45, 7) is 4.59. The Morgan fingerprint density at radius 3 is 2.56 bits per heavy atom. The van der Waals surface area contributed by atoms with E-state index in [-0.39, 0.29) is 11.7 Å². The molecule has 2 aliphatic rings. The molecule has 5 nitrogen and oxygen atoms in total. The van der Waals surface area contributed by atoms with E-state index < -0.39 is 0 Å². The van der Waals surface area contributed by atoms with Crippen LogP contribution in [0.15, 0.2) is 64.5 Å². The number of carbonyl (C=O) groups excluding carboxylic acids is 1. The van der Waals surface area contributed by atoms with Crippen molar-refractivity contribution in [1.29, 1.82) is 0 Å². The molecule has 0 atom stereocenters. The van der Waals surface area contributed by atoms with Gasteiger partial charge in [0.25, 0.3) is 5.91 Å². The highest BCUT2D eigenvalue weighted by atomic mass is 32.2. The number of aromatic hydroxyl groups is 1. The monoisotopic (exact) mass is 379 g/mol. The number of hydrogen-bond donors (Lipinski definition) is 1. The number of thioether (sulfide) groups is 1. The normalized spacial score (nSPS) is 19.6. The number of nitrogens with zero attached hydrogens (tertiary/aromatic N) is 3. The van der Waals surface area contributed by atoms with E-state index in [2.05, 4.69) is 39.1 Å². The quantitative estimate of drug-likeness (QED) is 0.830. The second-order valence-electron chi connectivity index (χ2n) is 6.65. The second-order valence-corrected chi connectivity index (χ2v) is 7.66. The summed E-state index contributed by atoms with van der Waals surface area (Å²) in [5.74, 6) is -0.0134. The molecule has 0 aliphatic carbocycles. The number of carbonyl (C=O) groups is 1. The average molecular weight is 379 g/mol. The van der Waals surface area contributed by atoms with Gasteiger partial charge >= 0.3 is 0 Å².